The molecule has 0 aliphatic heterocycles. The minimum Gasteiger partial charge on any atom is -0.493 e. The summed E-state index contributed by atoms with van der Waals surface area (Å²) in [5, 5.41) is 14.3. The molecule has 1 saturated carbocycles. The Morgan fingerprint density at radius 1 is 1.21 bits per heavy atom. The number of carbonyl (C=O) groups excluding carboxylic acids is 1. The molecule has 28 heavy (non-hydrogen) atoms. The molecule has 7 nitrogen and oxygen atoms in total. The van der Waals surface area contributed by atoms with Gasteiger partial charge in [0, 0.05) is 22.5 Å². The Bertz CT molecular complexity index is 911. The molecule has 1 amide bonds. The number of carbonyl (C=O) groups is 1. The van der Waals surface area contributed by atoms with Crippen molar-refractivity contribution in [2.45, 2.75) is 24.7 Å². The summed E-state index contributed by atoms with van der Waals surface area (Å²) in [6, 6.07) is 10.6. The van der Waals surface area contributed by atoms with Crippen molar-refractivity contribution >= 4 is 27.5 Å². The van der Waals surface area contributed by atoms with E-state index in [1.165, 1.54) is 26.4 Å². The van der Waals surface area contributed by atoms with Crippen LogP contribution in [0.25, 0.3) is 0 Å². The Balaban J connectivity index is 1.85. The third kappa shape index (κ3) is 3.82. The Labute approximate surface area is 171 Å². The van der Waals surface area contributed by atoms with Gasteiger partial charge in [-0.25, -0.2) is 0 Å². The van der Waals surface area contributed by atoms with E-state index in [-0.39, 0.29) is 28.2 Å². The van der Waals surface area contributed by atoms with Gasteiger partial charge in [-0.05, 0) is 30.5 Å². The van der Waals surface area contributed by atoms with Gasteiger partial charge >= 0.3 is 0 Å². The van der Waals surface area contributed by atoms with E-state index in [0.29, 0.717) is 6.54 Å². The number of halogens is 1. The number of nitro benzene ring substituents is 1. The summed E-state index contributed by atoms with van der Waals surface area (Å²) in [4.78, 5) is 23.7. The molecule has 0 heterocycles. The molecular formula is C20H21BrN2O5. The van der Waals surface area contributed by atoms with Crippen LogP contribution < -0.4 is 14.8 Å². The summed E-state index contributed by atoms with van der Waals surface area (Å²) in [6.45, 7) is 0.411. The van der Waals surface area contributed by atoms with Gasteiger partial charge in [-0.2, -0.15) is 0 Å². The number of hydrogen-bond acceptors (Lipinski definition) is 5. The van der Waals surface area contributed by atoms with Crippen molar-refractivity contribution in [3.05, 3.63) is 62.1 Å². The van der Waals surface area contributed by atoms with Gasteiger partial charge in [0.25, 0.3) is 11.6 Å². The van der Waals surface area contributed by atoms with Gasteiger partial charge in [-0.15, -0.1) is 0 Å². The highest BCUT2D eigenvalue weighted by Gasteiger charge is 2.39. The maximum atomic E-state index is 12.8. The van der Waals surface area contributed by atoms with E-state index >= 15 is 0 Å². The maximum absolute atomic E-state index is 12.8. The van der Waals surface area contributed by atoms with Gasteiger partial charge in [-0.1, -0.05) is 34.5 Å². The van der Waals surface area contributed by atoms with Crippen molar-refractivity contribution in [3.63, 3.8) is 0 Å². The minimum absolute atomic E-state index is 0.0497. The van der Waals surface area contributed by atoms with E-state index in [2.05, 4.69) is 33.4 Å². The van der Waals surface area contributed by atoms with E-state index in [4.69, 9.17) is 9.47 Å². The van der Waals surface area contributed by atoms with E-state index < -0.39 is 10.8 Å². The fraction of sp³-hybridized carbons (Fsp3) is 0.350. The van der Waals surface area contributed by atoms with Crippen LogP contribution in [0.15, 0.2) is 40.9 Å². The van der Waals surface area contributed by atoms with Crippen molar-refractivity contribution < 1.29 is 19.2 Å². The highest BCUT2D eigenvalue weighted by molar-refractivity contribution is 9.10. The summed E-state index contributed by atoms with van der Waals surface area (Å²) >= 11 is 3.49. The first-order chi connectivity index (χ1) is 13.4. The zero-order valence-corrected chi connectivity index (χ0v) is 17.2. The number of rotatable bonds is 7. The van der Waals surface area contributed by atoms with Gasteiger partial charge in [-0.3, -0.25) is 14.9 Å². The maximum Gasteiger partial charge on any atom is 0.286 e. The molecule has 2 aromatic carbocycles. The standard InChI is InChI=1S/C20H21BrN2O5/c1-27-17-10-15(16(23(25)26)11-18(17)28-2)19(24)22-12-20(7-4-8-20)13-5-3-6-14(21)9-13/h3,5-6,9-11H,4,7-8,12H2,1-2H3,(H,22,24). The van der Waals surface area contributed by atoms with Gasteiger partial charge in [0.2, 0.25) is 0 Å². The van der Waals surface area contributed by atoms with E-state index in [1.54, 1.807) is 0 Å². The molecule has 0 radical (unpaired) electrons. The molecule has 0 spiro atoms. The topological polar surface area (TPSA) is 90.7 Å². The van der Waals surface area contributed by atoms with Gasteiger partial charge < -0.3 is 14.8 Å². The first-order valence-electron chi connectivity index (χ1n) is 8.85. The lowest BCUT2D eigenvalue weighted by atomic mass is 9.64. The third-order valence-corrected chi connectivity index (χ3v) is 5.77. The van der Waals surface area contributed by atoms with Crippen molar-refractivity contribution in [2.24, 2.45) is 0 Å². The summed E-state index contributed by atoms with van der Waals surface area (Å²) in [5.74, 6) is -0.0344. The molecule has 0 atom stereocenters. The number of nitrogens with one attached hydrogen (secondary N) is 1. The van der Waals surface area contributed by atoms with Crippen LogP contribution in [0.5, 0.6) is 11.5 Å². The number of methoxy groups -OCH3 is 2. The van der Waals surface area contributed by atoms with Crippen molar-refractivity contribution in [3.8, 4) is 11.5 Å². The predicted molar refractivity (Wildman–Crippen MR) is 108 cm³/mol. The summed E-state index contributed by atoms with van der Waals surface area (Å²) in [6.07, 6.45) is 2.99. The lowest BCUT2D eigenvalue weighted by molar-refractivity contribution is -0.385. The average molecular weight is 449 g/mol. The second-order valence-electron chi connectivity index (χ2n) is 6.81. The zero-order valence-electron chi connectivity index (χ0n) is 15.7. The Kier molecular flexibility index (Phi) is 5.88. The van der Waals surface area contributed by atoms with Gasteiger partial charge in [0.1, 0.15) is 5.56 Å². The van der Waals surface area contributed by atoms with Crippen LogP contribution in [0, 0.1) is 10.1 Å². The van der Waals surface area contributed by atoms with Crippen LogP contribution in [0.3, 0.4) is 0 Å². The number of benzene rings is 2. The number of ether oxygens (including phenoxy) is 2. The Morgan fingerprint density at radius 3 is 2.43 bits per heavy atom. The molecular weight excluding hydrogens is 428 g/mol. The molecule has 2 aromatic rings. The summed E-state index contributed by atoms with van der Waals surface area (Å²) in [7, 11) is 2.81. The van der Waals surface area contributed by atoms with E-state index in [9.17, 15) is 14.9 Å². The quantitative estimate of drug-likeness (QED) is 0.505. The number of hydrogen-bond donors (Lipinski definition) is 1. The van der Waals surface area contributed by atoms with Crippen LogP contribution in [0.4, 0.5) is 5.69 Å². The minimum atomic E-state index is -0.593. The fourth-order valence-corrected chi connectivity index (χ4v) is 3.93. The first-order valence-corrected chi connectivity index (χ1v) is 9.64. The Hall–Kier alpha value is -2.61. The molecule has 1 aliphatic carbocycles. The molecule has 148 valence electrons. The Morgan fingerprint density at radius 2 is 1.89 bits per heavy atom. The lowest BCUT2D eigenvalue weighted by Gasteiger charge is -2.42. The molecule has 1 N–H and O–H groups in total. The summed E-state index contributed by atoms with van der Waals surface area (Å²) < 4.78 is 11.3. The van der Waals surface area contributed by atoms with E-state index in [0.717, 1.165) is 29.3 Å². The monoisotopic (exact) mass is 448 g/mol. The molecule has 8 heteroatoms. The molecule has 3 rings (SSSR count). The van der Waals surface area contributed by atoms with Crippen LogP contribution in [-0.2, 0) is 5.41 Å². The fourth-order valence-electron chi connectivity index (χ4n) is 3.54. The third-order valence-electron chi connectivity index (χ3n) is 5.28. The smallest absolute Gasteiger partial charge is 0.286 e. The second-order valence-corrected chi connectivity index (χ2v) is 7.72. The van der Waals surface area contributed by atoms with Crippen LogP contribution in [0.2, 0.25) is 0 Å². The zero-order chi connectivity index (χ0) is 20.3. The van der Waals surface area contributed by atoms with E-state index in [1.807, 2.05) is 12.1 Å². The number of amides is 1. The number of nitrogens with zero attached hydrogens (tertiary/aromatic N) is 1. The average Bonchev–Trinajstić information content (AvgIpc) is 2.65. The molecule has 0 unspecified atom stereocenters. The highest BCUT2D eigenvalue weighted by atomic mass is 79.9. The van der Waals surface area contributed by atoms with Gasteiger partial charge in [0.15, 0.2) is 11.5 Å². The summed E-state index contributed by atoms with van der Waals surface area (Å²) in [5.41, 5.74) is 0.631. The van der Waals surface area contributed by atoms with Crippen LogP contribution in [-0.4, -0.2) is 31.6 Å². The molecule has 1 aliphatic rings. The van der Waals surface area contributed by atoms with Crippen LogP contribution >= 0.6 is 15.9 Å². The largest absolute Gasteiger partial charge is 0.493 e. The predicted octanol–water partition coefficient (Wildman–Crippen LogP) is 4.23. The molecule has 0 saturated heterocycles. The lowest BCUT2D eigenvalue weighted by Crippen LogP contribution is -2.45. The van der Waals surface area contributed by atoms with Crippen molar-refractivity contribution in [1.29, 1.82) is 0 Å². The number of nitro groups is 1. The molecule has 0 aromatic heterocycles. The molecule has 1 fully saturated rings. The van der Waals surface area contributed by atoms with Crippen molar-refractivity contribution in [1.82, 2.24) is 5.32 Å². The highest BCUT2D eigenvalue weighted by Crippen LogP contribution is 2.44. The first kappa shape index (κ1) is 20.1. The van der Waals surface area contributed by atoms with Crippen molar-refractivity contribution in [2.75, 3.05) is 20.8 Å². The SMILES string of the molecule is COc1cc(C(=O)NCC2(c3cccc(Br)c3)CCC2)c([N+](=O)[O-])cc1OC. The molecule has 0 bridgehead atoms. The second kappa shape index (κ2) is 8.18. The normalized spacial score (nSPS) is 14.7. The van der Waals surface area contributed by atoms with Gasteiger partial charge in [0.05, 0.1) is 25.2 Å². The van der Waals surface area contributed by atoms with Crippen LogP contribution in [0.1, 0.15) is 35.2 Å².